The zero-order valence-electron chi connectivity index (χ0n) is 9.31. The van der Waals surface area contributed by atoms with Crippen molar-refractivity contribution in [2.24, 2.45) is 5.92 Å². The molecule has 0 aliphatic heterocycles. The van der Waals surface area contributed by atoms with Crippen LogP contribution in [0.1, 0.15) is 32.4 Å². The molecule has 1 unspecified atom stereocenters. The van der Waals surface area contributed by atoms with Gasteiger partial charge in [0, 0.05) is 6.07 Å². The Morgan fingerprint density at radius 2 is 2.20 bits per heavy atom. The molecule has 0 amide bonds. The minimum Gasteiger partial charge on any atom is -0.476 e. The molecule has 1 aromatic heterocycles. The molecule has 84 valence electrons. The molecule has 4 heteroatoms. The van der Waals surface area contributed by atoms with Crippen LogP contribution in [-0.4, -0.2) is 21.9 Å². The van der Waals surface area contributed by atoms with Crippen LogP contribution in [-0.2, 0) is 6.61 Å². The first-order valence-corrected chi connectivity index (χ1v) is 5.32. The summed E-state index contributed by atoms with van der Waals surface area (Å²) in [7, 11) is 0. The average molecular weight is 210 g/mol. The maximum atomic E-state index is 8.77. The van der Waals surface area contributed by atoms with E-state index in [1.165, 1.54) is 6.42 Å². The van der Waals surface area contributed by atoms with Crippen molar-refractivity contribution in [2.45, 2.75) is 33.3 Å². The number of aromatic nitrogens is 2. The summed E-state index contributed by atoms with van der Waals surface area (Å²) in [6, 6.07) is 3.45. The molecule has 0 fully saturated rings. The Kier molecular flexibility index (Phi) is 5.04. The molecular weight excluding hydrogens is 192 g/mol. The highest BCUT2D eigenvalue weighted by Crippen LogP contribution is 2.09. The Labute approximate surface area is 90.3 Å². The molecule has 0 spiro atoms. The van der Waals surface area contributed by atoms with Gasteiger partial charge in [-0.3, -0.25) is 0 Å². The fraction of sp³-hybridized carbons (Fsp3) is 0.636. The molecule has 1 heterocycles. The van der Waals surface area contributed by atoms with Crippen molar-refractivity contribution in [1.82, 2.24) is 10.2 Å². The van der Waals surface area contributed by atoms with Gasteiger partial charge < -0.3 is 9.84 Å². The van der Waals surface area contributed by atoms with Crippen molar-refractivity contribution < 1.29 is 9.84 Å². The van der Waals surface area contributed by atoms with Crippen LogP contribution in [0.3, 0.4) is 0 Å². The van der Waals surface area contributed by atoms with Crippen molar-refractivity contribution in [3.8, 4) is 5.88 Å². The third kappa shape index (κ3) is 4.25. The number of nitrogens with zero attached hydrogens (tertiary/aromatic N) is 2. The third-order valence-corrected chi connectivity index (χ3v) is 2.15. The van der Waals surface area contributed by atoms with E-state index in [1.54, 1.807) is 12.1 Å². The van der Waals surface area contributed by atoms with E-state index < -0.39 is 0 Å². The van der Waals surface area contributed by atoms with Crippen LogP contribution < -0.4 is 4.74 Å². The lowest BCUT2D eigenvalue weighted by atomic mass is 10.1. The van der Waals surface area contributed by atoms with E-state index >= 15 is 0 Å². The number of aliphatic hydroxyl groups is 1. The van der Waals surface area contributed by atoms with E-state index in [4.69, 9.17) is 9.84 Å². The van der Waals surface area contributed by atoms with E-state index in [9.17, 15) is 0 Å². The first-order valence-electron chi connectivity index (χ1n) is 5.32. The summed E-state index contributed by atoms with van der Waals surface area (Å²) in [6.07, 6.45) is 2.32. The molecule has 1 rings (SSSR count). The van der Waals surface area contributed by atoms with Crippen LogP contribution in [0.4, 0.5) is 0 Å². The predicted molar refractivity (Wildman–Crippen MR) is 57.5 cm³/mol. The molecule has 1 atom stereocenters. The van der Waals surface area contributed by atoms with Gasteiger partial charge in [-0.15, -0.1) is 10.2 Å². The smallest absolute Gasteiger partial charge is 0.233 e. The summed E-state index contributed by atoms with van der Waals surface area (Å²) in [5, 5.41) is 16.4. The van der Waals surface area contributed by atoms with E-state index in [-0.39, 0.29) is 6.61 Å². The standard InChI is InChI=1S/C11H18N2O2/c1-3-4-9(2)8-15-11-6-5-10(7-14)12-13-11/h5-6,9,14H,3-4,7-8H2,1-2H3. The Bertz CT molecular complexity index is 274. The Morgan fingerprint density at radius 1 is 1.40 bits per heavy atom. The first kappa shape index (κ1) is 11.9. The number of ether oxygens (including phenoxy) is 1. The van der Waals surface area contributed by atoms with Gasteiger partial charge in [-0.2, -0.15) is 0 Å². The van der Waals surface area contributed by atoms with Gasteiger partial charge in [-0.05, 0) is 18.4 Å². The van der Waals surface area contributed by atoms with Gasteiger partial charge in [-0.1, -0.05) is 20.3 Å². The van der Waals surface area contributed by atoms with E-state index in [1.807, 2.05) is 0 Å². The van der Waals surface area contributed by atoms with Crippen LogP contribution >= 0.6 is 0 Å². The van der Waals surface area contributed by atoms with Crippen molar-refractivity contribution in [3.63, 3.8) is 0 Å². The third-order valence-electron chi connectivity index (χ3n) is 2.15. The van der Waals surface area contributed by atoms with Gasteiger partial charge in [0.1, 0.15) is 0 Å². The lowest BCUT2D eigenvalue weighted by Crippen LogP contribution is -2.09. The minimum absolute atomic E-state index is 0.0838. The number of rotatable bonds is 6. The summed E-state index contributed by atoms with van der Waals surface area (Å²) in [5.74, 6) is 1.06. The molecule has 0 aromatic carbocycles. The molecule has 0 saturated heterocycles. The Balaban J connectivity index is 2.37. The van der Waals surface area contributed by atoms with E-state index in [0.717, 1.165) is 6.42 Å². The molecular formula is C11H18N2O2. The molecule has 1 aromatic rings. The molecule has 0 saturated carbocycles. The predicted octanol–water partition coefficient (Wildman–Crippen LogP) is 1.78. The van der Waals surface area contributed by atoms with Gasteiger partial charge in [0.05, 0.1) is 18.9 Å². The lowest BCUT2D eigenvalue weighted by molar-refractivity contribution is 0.238. The molecule has 0 aliphatic carbocycles. The van der Waals surface area contributed by atoms with Gasteiger partial charge in [0.2, 0.25) is 5.88 Å². The van der Waals surface area contributed by atoms with Gasteiger partial charge in [0.25, 0.3) is 0 Å². The van der Waals surface area contributed by atoms with Crippen LogP contribution in [0.5, 0.6) is 5.88 Å². The highest BCUT2D eigenvalue weighted by molar-refractivity contribution is 5.10. The maximum absolute atomic E-state index is 8.77. The maximum Gasteiger partial charge on any atom is 0.233 e. The second-order valence-corrected chi connectivity index (χ2v) is 3.73. The van der Waals surface area contributed by atoms with Crippen molar-refractivity contribution >= 4 is 0 Å². The summed E-state index contributed by atoms with van der Waals surface area (Å²) in [6.45, 7) is 4.89. The van der Waals surface area contributed by atoms with Crippen LogP contribution in [0.2, 0.25) is 0 Å². The van der Waals surface area contributed by atoms with Gasteiger partial charge >= 0.3 is 0 Å². The molecule has 0 radical (unpaired) electrons. The minimum atomic E-state index is -0.0838. The quantitative estimate of drug-likeness (QED) is 0.777. The van der Waals surface area contributed by atoms with Crippen molar-refractivity contribution in [1.29, 1.82) is 0 Å². The fourth-order valence-electron chi connectivity index (χ4n) is 1.31. The number of aliphatic hydroxyl groups excluding tert-OH is 1. The summed E-state index contributed by atoms with van der Waals surface area (Å²) in [4.78, 5) is 0. The normalized spacial score (nSPS) is 12.5. The largest absolute Gasteiger partial charge is 0.476 e. The highest BCUT2D eigenvalue weighted by atomic mass is 16.5. The molecule has 15 heavy (non-hydrogen) atoms. The van der Waals surface area contributed by atoms with Crippen molar-refractivity contribution in [2.75, 3.05) is 6.61 Å². The Hall–Kier alpha value is -1.16. The summed E-state index contributed by atoms with van der Waals surface area (Å²) >= 11 is 0. The highest BCUT2D eigenvalue weighted by Gasteiger charge is 2.03. The van der Waals surface area contributed by atoms with Gasteiger partial charge in [0.15, 0.2) is 0 Å². The zero-order chi connectivity index (χ0) is 11.1. The second kappa shape index (κ2) is 6.35. The SMILES string of the molecule is CCCC(C)COc1ccc(CO)nn1. The van der Waals surface area contributed by atoms with Crippen LogP contribution in [0.25, 0.3) is 0 Å². The summed E-state index contributed by atoms with van der Waals surface area (Å²) in [5.41, 5.74) is 0.559. The molecule has 4 nitrogen and oxygen atoms in total. The fourth-order valence-corrected chi connectivity index (χ4v) is 1.31. The van der Waals surface area contributed by atoms with Crippen molar-refractivity contribution in [3.05, 3.63) is 17.8 Å². The zero-order valence-corrected chi connectivity index (χ0v) is 9.31. The second-order valence-electron chi connectivity index (χ2n) is 3.73. The average Bonchev–Trinajstić information content (AvgIpc) is 2.27. The number of hydrogen-bond acceptors (Lipinski definition) is 4. The Morgan fingerprint density at radius 3 is 2.73 bits per heavy atom. The topological polar surface area (TPSA) is 55.2 Å². The van der Waals surface area contributed by atoms with Crippen LogP contribution in [0.15, 0.2) is 12.1 Å². The monoisotopic (exact) mass is 210 g/mol. The lowest BCUT2D eigenvalue weighted by Gasteiger charge is -2.10. The number of hydrogen-bond donors (Lipinski definition) is 1. The van der Waals surface area contributed by atoms with Crippen LogP contribution in [0, 0.1) is 5.92 Å². The summed E-state index contributed by atoms with van der Waals surface area (Å²) < 4.78 is 5.46. The molecule has 0 bridgehead atoms. The van der Waals surface area contributed by atoms with E-state index in [0.29, 0.717) is 24.1 Å². The molecule has 0 aliphatic rings. The van der Waals surface area contributed by atoms with Gasteiger partial charge in [-0.25, -0.2) is 0 Å². The van der Waals surface area contributed by atoms with E-state index in [2.05, 4.69) is 24.0 Å². The first-order chi connectivity index (χ1) is 7.26. The molecule has 1 N–H and O–H groups in total.